The summed E-state index contributed by atoms with van der Waals surface area (Å²) in [6.07, 6.45) is 1.81. The van der Waals surface area contributed by atoms with Gasteiger partial charge in [0, 0.05) is 43.9 Å². The molecule has 0 aliphatic carbocycles. The molecule has 1 aromatic carbocycles. The number of amides is 1. The van der Waals surface area contributed by atoms with Gasteiger partial charge >= 0.3 is 0 Å². The van der Waals surface area contributed by atoms with E-state index in [-0.39, 0.29) is 11.9 Å². The molecule has 1 atom stereocenters. The number of benzene rings is 1. The summed E-state index contributed by atoms with van der Waals surface area (Å²) in [6.45, 7) is 5.85. The van der Waals surface area contributed by atoms with Crippen LogP contribution in [0.25, 0.3) is 0 Å². The van der Waals surface area contributed by atoms with E-state index in [1.807, 2.05) is 55.6 Å². The molecule has 1 N–H and O–H groups in total. The number of nitrogens with one attached hydrogen (secondary N) is 1. The van der Waals surface area contributed by atoms with E-state index in [0.717, 1.165) is 37.6 Å². The molecule has 25 heavy (non-hydrogen) atoms. The van der Waals surface area contributed by atoms with Crippen LogP contribution in [0.3, 0.4) is 0 Å². The molecule has 0 radical (unpaired) electrons. The summed E-state index contributed by atoms with van der Waals surface area (Å²) in [5, 5.41) is 3.67. The molecule has 132 valence electrons. The number of anilines is 1. The van der Waals surface area contributed by atoms with E-state index in [4.69, 9.17) is 11.6 Å². The maximum atomic E-state index is 12.5. The van der Waals surface area contributed by atoms with Crippen molar-refractivity contribution in [3.8, 4) is 0 Å². The van der Waals surface area contributed by atoms with Gasteiger partial charge in [-0.2, -0.15) is 0 Å². The number of pyridine rings is 1. The zero-order valence-corrected chi connectivity index (χ0v) is 15.1. The zero-order valence-electron chi connectivity index (χ0n) is 14.4. The first kappa shape index (κ1) is 17.7. The third-order valence-corrected chi connectivity index (χ3v) is 4.99. The predicted molar refractivity (Wildman–Crippen MR) is 101 cm³/mol. The number of hydrogen-bond acceptors (Lipinski definition) is 4. The minimum atomic E-state index is -0.159. The highest BCUT2D eigenvalue weighted by molar-refractivity contribution is 6.31. The highest BCUT2D eigenvalue weighted by atomic mass is 35.5. The van der Waals surface area contributed by atoms with Crippen molar-refractivity contribution >= 4 is 23.3 Å². The van der Waals surface area contributed by atoms with E-state index < -0.39 is 0 Å². The maximum absolute atomic E-state index is 12.5. The van der Waals surface area contributed by atoms with Crippen LogP contribution in [-0.2, 0) is 11.3 Å². The molecule has 2 heterocycles. The van der Waals surface area contributed by atoms with E-state index in [1.54, 1.807) is 0 Å². The second-order valence-corrected chi connectivity index (χ2v) is 6.60. The first-order valence-electron chi connectivity index (χ1n) is 8.56. The van der Waals surface area contributed by atoms with Crippen molar-refractivity contribution in [2.75, 3.05) is 31.1 Å². The Labute approximate surface area is 153 Å². The molecular weight excluding hydrogens is 336 g/mol. The number of hydrogen-bond donors (Lipinski definition) is 1. The van der Waals surface area contributed by atoms with Gasteiger partial charge in [-0.25, -0.2) is 4.98 Å². The van der Waals surface area contributed by atoms with Gasteiger partial charge < -0.3 is 10.2 Å². The van der Waals surface area contributed by atoms with Gasteiger partial charge in [-0.1, -0.05) is 35.9 Å². The first-order valence-corrected chi connectivity index (χ1v) is 8.94. The van der Waals surface area contributed by atoms with Gasteiger partial charge in [0.25, 0.3) is 0 Å². The summed E-state index contributed by atoms with van der Waals surface area (Å²) in [5.41, 5.74) is 0.935. The van der Waals surface area contributed by atoms with Crippen LogP contribution in [0.5, 0.6) is 0 Å². The molecule has 1 unspecified atom stereocenters. The Bertz CT molecular complexity index is 702. The highest BCUT2D eigenvalue weighted by Crippen LogP contribution is 2.16. The van der Waals surface area contributed by atoms with Gasteiger partial charge in [0.05, 0.1) is 6.04 Å². The molecule has 1 amide bonds. The van der Waals surface area contributed by atoms with Crippen LogP contribution in [0.2, 0.25) is 5.02 Å². The molecule has 0 saturated carbocycles. The summed E-state index contributed by atoms with van der Waals surface area (Å²) in [6, 6.07) is 13.4. The Morgan fingerprint density at radius 2 is 1.88 bits per heavy atom. The van der Waals surface area contributed by atoms with Crippen LogP contribution in [0.4, 0.5) is 5.82 Å². The lowest BCUT2D eigenvalue weighted by Gasteiger charge is -2.37. The van der Waals surface area contributed by atoms with Crippen molar-refractivity contribution < 1.29 is 4.79 Å². The van der Waals surface area contributed by atoms with Crippen LogP contribution in [0, 0.1) is 0 Å². The fourth-order valence-electron chi connectivity index (χ4n) is 3.02. The van der Waals surface area contributed by atoms with Gasteiger partial charge in [0.2, 0.25) is 5.91 Å². The normalized spacial score (nSPS) is 16.5. The summed E-state index contributed by atoms with van der Waals surface area (Å²) in [4.78, 5) is 21.3. The Morgan fingerprint density at radius 3 is 2.56 bits per heavy atom. The number of aromatic nitrogens is 1. The Balaban J connectivity index is 1.49. The van der Waals surface area contributed by atoms with E-state index in [0.29, 0.717) is 11.6 Å². The number of rotatable bonds is 5. The molecule has 1 fully saturated rings. The third kappa shape index (κ3) is 4.50. The molecule has 0 spiro atoms. The quantitative estimate of drug-likeness (QED) is 0.892. The zero-order chi connectivity index (χ0) is 17.6. The maximum Gasteiger partial charge on any atom is 0.237 e. The average molecular weight is 359 g/mol. The van der Waals surface area contributed by atoms with Crippen molar-refractivity contribution in [1.82, 2.24) is 15.2 Å². The lowest BCUT2D eigenvalue weighted by molar-refractivity contribution is -0.126. The molecule has 5 nitrogen and oxygen atoms in total. The molecule has 0 bridgehead atoms. The van der Waals surface area contributed by atoms with Gasteiger partial charge in [0.15, 0.2) is 0 Å². The summed E-state index contributed by atoms with van der Waals surface area (Å²) in [7, 11) is 0. The standard InChI is InChI=1S/C19H23ClN4O/c1-15(19(25)22-14-16-6-2-3-7-17(16)20)23-10-12-24(13-11-23)18-8-4-5-9-21-18/h2-9,15H,10-14H2,1H3,(H,22,25). The molecule has 2 aromatic rings. The second-order valence-electron chi connectivity index (χ2n) is 6.20. The Morgan fingerprint density at radius 1 is 1.16 bits per heavy atom. The van der Waals surface area contributed by atoms with E-state index in [2.05, 4.69) is 20.1 Å². The van der Waals surface area contributed by atoms with Crippen LogP contribution in [0.1, 0.15) is 12.5 Å². The summed E-state index contributed by atoms with van der Waals surface area (Å²) < 4.78 is 0. The molecule has 6 heteroatoms. The molecule has 3 rings (SSSR count). The molecule has 1 aromatic heterocycles. The minimum absolute atomic E-state index is 0.0335. The predicted octanol–water partition coefficient (Wildman–Crippen LogP) is 2.56. The van der Waals surface area contributed by atoms with Gasteiger partial charge in [-0.05, 0) is 30.7 Å². The Hall–Kier alpha value is -2.11. The summed E-state index contributed by atoms with van der Waals surface area (Å²) >= 11 is 6.14. The lowest BCUT2D eigenvalue weighted by atomic mass is 10.2. The summed E-state index contributed by atoms with van der Waals surface area (Å²) in [5.74, 6) is 1.03. The van der Waals surface area contributed by atoms with Crippen LogP contribution in [-0.4, -0.2) is 48.0 Å². The first-order chi connectivity index (χ1) is 12.1. The Kier molecular flexibility index (Phi) is 5.89. The van der Waals surface area contributed by atoms with Crippen molar-refractivity contribution in [2.24, 2.45) is 0 Å². The molecule has 1 aliphatic rings. The highest BCUT2D eigenvalue weighted by Gasteiger charge is 2.25. The van der Waals surface area contributed by atoms with Crippen LogP contribution >= 0.6 is 11.6 Å². The molecule has 1 aliphatic heterocycles. The smallest absolute Gasteiger partial charge is 0.237 e. The fraction of sp³-hybridized carbons (Fsp3) is 0.368. The SMILES string of the molecule is CC(C(=O)NCc1ccccc1Cl)N1CCN(c2ccccn2)CC1. The van der Waals surface area contributed by atoms with Gasteiger partial charge in [0.1, 0.15) is 5.82 Å². The van der Waals surface area contributed by atoms with Crippen molar-refractivity contribution in [2.45, 2.75) is 19.5 Å². The number of piperazine rings is 1. The van der Waals surface area contributed by atoms with Crippen LogP contribution < -0.4 is 10.2 Å². The number of halogens is 1. The van der Waals surface area contributed by atoms with Crippen molar-refractivity contribution in [3.05, 3.63) is 59.2 Å². The fourth-order valence-corrected chi connectivity index (χ4v) is 3.22. The molecule has 1 saturated heterocycles. The van der Waals surface area contributed by atoms with Crippen LogP contribution in [0.15, 0.2) is 48.7 Å². The van der Waals surface area contributed by atoms with E-state index >= 15 is 0 Å². The monoisotopic (exact) mass is 358 g/mol. The van der Waals surface area contributed by atoms with Gasteiger partial charge in [-0.3, -0.25) is 9.69 Å². The topological polar surface area (TPSA) is 48.5 Å². The van der Waals surface area contributed by atoms with Crippen molar-refractivity contribution in [1.29, 1.82) is 0 Å². The average Bonchev–Trinajstić information content (AvgIpc) is 2.67. The lowest BCUT2D eigenvalue weighted by Crippen LogP contribution is -2.54. The largest absolute Gasteiger partial charge is 0.354 e. The molecular formula is C19H23ClN4O. The van der Waals surface area contributed by atoms with E-state index in [9.17, 15) is 4.79 Å². The van der Waals surface area contributed by atoms with E-state index in [1.165, 1.54) is 0 Å². The number of nitrogens with zero attached hydrogens (tertiary/aromatic N) is 3. The number of carbonyl (C=O) groups excluding carboxylic acids is 1. The minimum Gasteiger partial charge on any atom is -0.354 e. The third-order valence-electron chi connectivity index (χ3n) is 4.63. The van der Waals surface area contributed by atoms with Crippen molar-refractivity contribution in [3.63, 3.8) is 0 Å². The van der Waals surface area contributed by atoms with Gasteiger partial charge in [-0.15, -0.1) is 0 Å². The second kappa shape index (κ2) is 8.32. The number of carbonyl (C=O) groups is 1.